The molecule has 0 aromatic heterocycles. The second-order valence-corrected chi connectivity index (χ2v) is 6.54. The summed E-state index contributed by atoms with van der Waals surface area (Å²) < 4.78 is 0.626. The molecule has 0 atom stereocenters. The Morgan fingerprint density at radius 2 is 1.50 bits per heavy atom. The molecule has 1 aliphatic rings. The van der Waals surface area contributed by atoms with E-state index in [0.29, 0.717) is 8.84 Å². The molecule has 0 nitrogen and oxygen atoms in total. The molecule has 0 bridgehead atoms. The first kappa shape index (κ1) is 6.84. The third-order valence-corrected chi connectivity index (χ3v) is 2.46. The van der Waals surface area contributed by atoms with Crippen molar-refractivity contribution >= 4 is 22.6 Å². The lowest BCUT2D eigenvalue weighted by Crippen LogP contribution is -2.41. The lowest BCUT2D eigenvalue weighted by Gasteiger charge is -2.47. The van der Waals surface area contributed by atoms with Crippen molar-refractivity contribution in [2.45, 2.75) is 37.0 Å². The second-order valence-electron chi connectivity index (χ2n) is 3.93. The summed E-state index contributed by atoms with van der Waals surface area (Å²) in [6.07, 6.45) is 2.78. The van der Waals surface area contributed by atoms with Crippen molar-refractivity contribution in [3.63, 3.8) is 0 Å². The van der Waals surface area contributed by atoms with Crippen LogP contribution in [0.3, 0.4) is 0 Å². The van der Waals surface area contributed by atoms with Gasteiger partial charge in [0.2, 0.25) is 0 Å². The highest BCUT2D eigenvalue weighted by Crippen LogP contribution is 2.52. The highest BCUT2D eigenvalue weighted by Gasteiger charge is 2.43. The molecule has 0 aromatic carbocycles. The van der Waals surface area contributed by atoms with Crippen LogP contribution in [-0.4, -0.2) is 3.42 Å². The van der Waals surface area contributed by atoms with Crippen LogP contribution >= 0.6 is 22.6 Å². The van der Waals surface area contributed by atoms with Gasteiger partial charge in [0.05, 0.1) is 0 Å². The molecular formula is C7H13I. The third-order valence-electron chi connectivity index (χ3n) is 1.69. The molecule has 0 N–H and O–H groups in total. The number of alkyl halides is 1. The fourth-order valence-electron chi connectivity index (χ4n) is 1.94. The van der Waals surface area contributed by atoms with Crippen molar-refractivity contribution in [3.05, 3.63) is 0 Å². The molecule has 0 unspecified atom stereocenters. The van der Waals surface area contributed by atoms with Crippen LogP contribution in [0.15, 0.2) is 0 Å². The molecule has 0 aromatic rings. The smallest absolute Gasteiger partial charge is 0.0204 e. The summed E-state index contributed by atoms with van der Waals surface area (Å²) >= 11 is 2.55. The Morgan fingerprint density at radius 1 is 1.12 bits per heavy atom. The summed E-state index contributed by atoms with van der Waals surface area (Å²) in [5.41, 5.74) is 0.649. The number of rotatable bonds is 0. The zero-order valence-electron chi connectivity index (χ0n) is 5.79. The minimum absolute atomic E-state index is 0.626. The van der Waals surface area contributed by atoms with Gasteiger partial charge in [-0.15, -0.1) is 0 Å². The maximum Gasteiger partial charge on any atom is 0.0204 e. The Morgan fingerprint density at radius 3 is 1.50 bits per heavy atom. The van der Waals surface area contributed by atoms with Crippen molar-refractivity contribution < 1.29 is 0 Å². The predicted molar refractivity (Wildman–Crippen MR) is 45.4 cm³/mol. The first-order valence-corrected chi connectivity index (χ1v) is 4.18. The quantitative estimate of drug-likeness (QED) is 0.438. The number of hydrogen-bond acceptors (Lipinski definition) is 0. The third kappa shape index (κ3) is 1.36. The summed E-state index contributed by atoms with van der Waals surface area (Å²) in [4.78, 5) is 0. The first-order chi connectivity index (χ1) is 3.41. The first-order valence-electron chi connectivity index (χ1n) is 3.10. The topological polar surface area (TPSA) is 0 Å². The standard InChI is InChI=1S/C7H13I/c1-6(2)4-7(3,8)5-6/h4-5H2,1-3H3. The Hall–Kier alpha value is 0.730. The molecular weight excluding hydrogens is 211 g/mol. The second kappa shape index (κ2) is 1.61. The maximum absolute atomic E-state index is 2.55. The lowest BCUT2D eigenvalue weighted by molar-refractivity contribution is 0.151. The van der Waals surface area contributed by atoms with E-state index in [1.165, 1.54) is 12.8 Å². The van der Waals surface area contributed by atoms with Crippen LogP contribution in [-0.2, 0) is 0 Å². The molecule has 8 heavy (non-hydrogen) atoms. The molecule has 1 fully saturated rings. The summed E-state index contributed by atoms with van der Waals surface area (Å²) in [7, 11) is 0. The van der Waals surface area contributed by atoms with E-state index < -0.39 is 0 Å². The van der Waals surface area contributed by atoms with E-state index >= 15 is 0 Å². The molecule has 0 amide bonds. The Balaban J connectivity index is 2.42. The van der Waals surface area contributed by atoms with Gasteiger partial charge in [0.25, 0.3) is 0 Å². The molecule has 48 valence electrons. The Bertz CT molecular complexity index is 81.0. The molecule has 0 radical (unpaired) electrons. The summed E-state index contributed by atoms with van der Waals surface area (Å²) in [5, 5.41) is 0. The highest BCUT2D eigenvalue weighted by molar-refractivity contribution is 14.1. The molecule has 1 aliphatic carbocycles. The van der Waals surface area contributed by atoms with Gasteiger partial charge in [-0.3, -0.25) is 0 Å². The van der Waals surface area contributed by atoms with Crippen molar-refractivity contribution in [2.75, 3.05) is 0 Å². The maximum atomic E-state index is 2.55. The van der Waals surface area contributed by atoms with Gasteiger partial charge in [-0.25, -0.2) is 0 Å². The van der Waals surface area contributed by atoms with E-state index in [0.717, 1.165) is 0 Å². The van der Waals surface area contributed by atoms with Crippen molar-refractivity contribution in [1.82, 2.24) is 0 Å². The van der Waals surface area contributed by atoms with Crippen LogP contribution in [0.2, 0.25) is 0 Å². The van der Waals surface area contributed by atoms with Gasteiger partial charge in [0.15, 0.2) is 0 Å². The molecule has 1 heteroatoms. The van der Waals surface area contributed by atoms with Crippen LogP contribution in [0.5, 0.6) is 0 Å². The van der Waals surface area contributed by atoms with E-state index in [1.54, 1.807) is 0 Å². The minimum Gasteiger partial charge on any atom is -0.0791 e. The molecule has 0 spiro atoms. The van der Waals surface area contributed by atoms with Gasteiger partial charge in [0, 0.05) is 3.42 Å². The van der Waals surface area contributed by atoms with Crippen LogP contribution in [0.25, 0.3) is 0 Å². The largest absolute Gasteiger partial charge is 0.0791 e. The van der Waals surface area contributed by atoms with Gasteiger partial charge in [-0.1, -0.05) is 43.4 Å². The number of halogens is 1. The van der Waals surface area contributed by atoms with Crippen LogP contribution in [0.1, 0.15) is 33.6 Å². The SMILES string of the molecule is CC1(C)CC(C)(I)C1. The number of hydrogen-bond donors (Lipinski definition) is 0. The van der Waals surface area contributed by atoms with Crippen molar-refractivity contribution in [2.24, 2.45) is 5.41 Å². The van der Waals surface area contributed by atoms with Gasteiger partial charge in [-0.2, -0.15) is 0 Å². The van der Waals surface area contributed by atoms with E-state index in [2.05, 4.69) is 43.4 Å². The fraction of sp³-hybridized carbons (Fsp3) is 1.00. The Labute approximate surface area is 65.2 Å². The minimum atomic E-state index is 0.626. The predicted octanol–water partition coefficient (Wildman–Crippen LogP) is 3.00. The molecule has 1 saturated carbocycles. The molecule has 0 aliphatic heterocycles. The van der Waals surface area contributed by atoms with Crippen LogP contribution in [0.4, 0.5) is 0 Å². The zero-order valence-corrected chi connectivity index (χ0v) is 7.95. The van der Waals surface area contributed by atoms with E-state index in [-0.39, 0.29) is 0 Å². The average Bonchev–Trinajstić information content (AvgIpc) is 1.20. The summed E-state index contributed by atoms with van der Waals surface area (Å²) in [6.45, 7) is 7.01. The van der Waals surface area contributed by atoms with Crippen molar-refractivity contribution in [3.8, 4) is 0 Å². The van der Waals surface area contributed by atoms with Gasteiger partial charge in [0.1, 0.15) is 0 Å². The molecule has 0 heterocycles. The Kier molecular flexibility index (Phi) is 1.38. The summed E-state index contributed by atoms with van der Waals surface area (Å²) in [6, 6.07) is 0. The van der Waals surface area contributed by atoms with Crippen LogP contribution in [0, 0.1) is 5.41 Å². The van der Waals surface area contributed by atoms with E-state index in [9.17, 15) is 0 Å². The van der Waals surface area contributed by atoms with E-state index in [1.807, 2.05) is 0 Å². The lowest BCUT2D eigenvalue weighted by atomic mass is 9.65. The summed E-state index contributed by atoms with van der Waals surface area (Å²) in [5.74, 6) is 0. The van der Waals surface area contributed by atoms with Crippen LogP contribution < -0.4 is 0 Å². The van der Waals surface area contributed by atoms with Crippen molar-refractivity contribution in [1.29, 1.82) is 0 Å². The molecule has 1 rings (SSSR count). The fourth-order valence-corrected chi connectivity index (χ4v) is 4.01. The van der Waals surface area contributed by atoms with Gasteiger partial charge >= 0.3 is 0 Å². The van der Waals surface area contributed by atoms with Gasteiger partial charge in [-0.05, 0) is 18.3 Å². The molecule has 0 saturated heterocycles. The van der Waals surface area contributed by atoms with Gasteiger partial charge < -0.3 is 0 Å². The monoisotopic (exact) mass is 224 g/mol. The average molecular weight is 224 g/mol. The zero-order chi connectivity index (χ0) is 6.41. The highest BCUT2D eigenvalue weighted by atomic mass is 127. The van der Waals surface area contributed by atoms with E-state index in [4.69, 9.17) is 0 Å². The normalized spacial score (nSPS) is 31.5.